The lowest BCUT2D eigenvalue weighted by Crippen LogP contribution is -2.35. The Morgan fingerprint density at radius 1 is 1.08 bits per heavy atom. The number of para-hydroxylation sites is 1. The first-order valence-electron chi connectivity index (χ1n) is 8.57. The van der Waals surface area contributed by atoms with Gasteiger partial charge in [-0.1, -0.05) is 30.3 Å². The summed E-state index contributed by atoms with van der Waals surface area (Å²) in [6, 6.07) is 13.3. The quantitative estimate of drug-likeness (QED) is 0.739. The van der Waals surface area contributed by atoms with E-state index in [1.807, 2.05) is 56.3 Å². The minimum atomic E-state index is -0.432. The van der Waals surface area contributed by atoms with Crippen molar-refractivity contribution in [3.8, 4) is 0 Å². The number of hydrogen-bond donors (Lipinski definition) is 1. The molecular formula is C21H22N2O3. The summed E-state index contributed by atoms with van der Waals surface area (Å²) in [7, 11) is 0. The van der Waals surface area contributed by atoms with Crippen LogP contribution in [0.25, 0.3) is 11.0 Å². The predicted molar refractivity (Wildman–Crippen MR) is 102 cm³/mol. The smallest absolute Gasteiger partial charge is 0.231 e. The van der Waals surface area contributed by atoms with E-state index >= 15 is 0 Å². The molecule has 1 aromatic heterocycles. The Morgan fingerprint density at radius 3 is 2.50 bits per heavy atom. The monoisotopic (exact) mass is 350 g/mol. The zero-order valence-corrected chi connectivity index (χ0v) is 15.0. The topological polar surface area (TPSA) is 76.5 Å². The van der Waals surface area contributed by atoms with Gasteiger partial charge in [0.25, 0.3) is 0 Å². The average molecular weight is 350 g/mol. The van der Waals surface area contributed by atoms with Crippen LogP contribution >= 0.6 is 0 Å². The molecule has 0 aliphatic carbocycles. The molecule has 0 fully saturated rings. The van der Waals surface area contributed by atoms with Crippen LogP contribution in [0.15, 0.2) is 53.1 Å². The Labute approximate surface area is 152 Å². The second-order valence-electron chi connectivity index (χ2n) is 6.42. The summed E-state index contributed by atoms with van der Waals surface area (Å²) in [5.74, 6) is -0.531. The maximum Gasteiger partial charge on any atom is 0.231 e. The summed E-state index contributed by atoms with van der Waals surface area (Å²) in [5, 5.41) is 0.948. The first-order valence-corrected chi connectivity index (χ1v) is 8.57. The third-order valence-corrected chi connectivity index (χ3v) is 4.63. The number of anilines is 1. The van der Waals surface area contributed by atoms with Gasteiger partial charge in [0.15, 0.2) is 0 Å². The third kappa shape index (κ3) is 3.61. The molecule has 0 saturated carbocycles. The van der Waals surface area contributed by atoms with Crippen molar-refractivity contribution in [1.29, 1.82) is 0 Å². The highest BCUT2D eigenvalue weighted by atomic mass is 16.3. The van der Waals surface area contributed by atoms with Crippen LogP contribution < -0.4 is 10.6 Å². The Kier molecular flexibility index (Phi) is 5.07. The van der Waals surface area contributed by atoms with Crippen molar-refractivity contribution < 1.29 is 14.0 Å². The van der Waals surface area contributed by atoms with E-state index in [1.165, 1.54) is 0 Å². The highest BCUT2D eigenvalue weighted by Crippen LogP contribution is 2.27. The van der Waals surface area contributed by atoms with E-state index in [0.717, 1.165) is 33.3 Å². The summed E-state index contributed by atoms with van der Waals surface area (Å²) < 4.78 is 5.70. The molecule has 0 radical (unpaired) electrons. The van der Waals surface area contributed by atoms with Crippen molar-refractivity contribution in [2.75, 3.05) is 11.4 Å². The zero-order valence-electron chi connectivity index (χ0n) is 15.0. The van der Waals surface area contributed by atoms with E-state index in [-0.39, 0.29) is 25.3 Å². The molecule has 26 heavy (non-hydrogen) atoms. The lowest BCUT2D eigenvalue weighted by Gasteiger charge is -2.22. The lowest BCUT2D eigenvalue weighted by molar-refractivity contribution is -0.118. The molecule has 2 aromatic carbocycles. The zero-order chi connectivity index (χ0) is 18.7. The number of rotatable bonds is 6. The van der Waals surface area contributed by atoms with Crippen molar-refractivity contribution in [2.24, 2.45) is 5.73 Å². The Morgan fingerprint density at radius 2 is 1.81 bits per heavy atom. The Balaban J connectivity index is 1.88. The summed E-state index contributed by atoms with van der Waals surface area (Å²) in [5.41, 5.74) is 9.90. The van der Waals surface area contributed by atoms with Gasteiger partial charge in [-0.3, -0.25) is 9.59 Å². The maximum atomic E-state index is 13.0. The Hall–Kier alpha value is -3.08. The molecule has 2 amide bonds. The van der Waals surface area contributed by atoms with Crippen LogP contribution in [0.2, 0.25) is 0 Å². The fourth-order valence-corrected chi connectivity index (χ4v) is 3.01. The molecule has 0 spiro atoms. The van der Waals surface area contributed by atoms with Gasteiger partial charge in [-0.2, -0.15) is 0 Å². The van der Waals surface area contributed by atoms with Gasteiger partial charge in [-0.15, -0.1) is 0 Å². The lowest BCUT2D eigenvalue weighted by atomic mass is 10.0. The number of benzene rings is 2. The van der Waals surface area contributed by atoms with Gasteiger partial charge in [-0.25, -0.2) is 0 Å². The molecule has 0 unspecified atom stereocenters. The summed E-state index contributed by atoms with van der Waals surface area (Å²) in [6.07, 6.45) is 1.96. The SMILES string of the molecule is Cc1ccc2c(CC(=O)N(CCC(N)=O)c3ccccc3)coc2c1C. The largest absolute Gasteiger partial charge is 0.464 e. The molecule has 134 valence electrons. The van der Waals surface area contributed by atoms with Gasteiger partial charge in [0.05, 0.1) is 12.7 Å². The van der Waals surface area contributed by atoms with Crippen LogP contribution in [0.4, 0.5) is 5.69 Å². The first-order chi connectivity index (χ1) is 12.5. The van der Waals surface area contributed by atoms with E-state index in [0.29, 0.717) is 0 Å². The highest BCUT2D eigenvalue weighted by Gasteiger charge is 2.19. The van der Waals surface area contributed by atoms with Crippen LogP contribution in [0.5, 0.6) is 0 Å². The first kappa shape index (κ1) is 17.7. The van der Waals surface area contributed by atoms with Gasteiger partial charge < -0.3 is 15.1 Å². The van der Waals surface area contributed by atoms with E-state index in [2.05, 4.69) is 0 Å². The summed E-state index contributed by atoms with van der Waals surface area (Å²) >= 11 is 0. The van der Waals surface area contributed by atoms with Gasteiger partial charge in [-0.05, 0) is 37.1 Å². The van der Waals surface area contributed by atoms with Crippen molar-refractivity contribution in [1.82, 2.24) is 0 Å². The molecule has 0 bridgehead atoms. The van der Waals surface area contributed by atoms with Crippen LogP contribution in [0.3, 0.4) is 0 Å². The molecule has 2 N–H and O–H groups in total. The average Bonchev–Trinajstić information content (AvgIpc) is 3.02. The van der Waals surface area contributed by atoms with Gasteiger partial charge >= 0.3 is 0 Å². The maximum absolute atomic E-state index is 13.0. The molecule has 0 atom stereocenters. The number of amides is 2. The standard InChI is InChI=1S/C21H22N2O3/c1-14-8-9-18-16(13-26-21(18)15(14)2)12-20(25)23(11-10-19(22)24)17-6-4-3-5-7-17/h3-9,13H,10-12H2,1-2H3,(H2,22,24). The van der Waals surface area contributed by atoms with Crippen LogP contribution in [-0.4, -0.2) is 18.4 Å². The minimum Gasteiger partial charge on any atom is -0.464 e. The van der Waals surface area contributed by atoms with E-state index < -0.39 is 5.91 Å². The number of carbonyl (C=O) groups is 2. The van der Waals surface area contributed by atoms with Crippen molar-refractivity contribution in [2.45, 2.75) is 26.7 Å². The number of primary amides is 1. The number of furan rings is 1. The molecule has 0 saturated heterocycles. The number of aryl methyl sites for hydroxylation is 2. The molecular weight excluding hydrogens is 328 g/mol. The fourth-order valence-electron chi connectivity index (χ4n) is 3.01. The number of fused-ring (bicyclic) bond motifs is 1. The van der Waals surface area contributed by atoms with Gasteiger partial charge in [0.2, 0.25) is 11.8 Å². The Bertz CT molecular complexity index is 945. The molecule has 0 aliphatic heterocycles. The second kappa shape index (κ2) is 7.44. The second-order valence-corrected chi connectivity index (χ2v) is 6.42. The number of nitrogens with two attached hydrogens (primary N) is 1. The van der Waals surface area contributed by atoms with Gasteiger partial charge in [0, 0.05) is 29.6 Å². The molecule has 3 rings (SSSR count). The molecule has 0 aliphatic rings. The highest BCUT2D eigenvalue weighted by molar-refractivity contribution is 5.98. The predicted octanol–water partition coefficient (Wildman–Crippen LogP) is 3.50. The number of hydrogen-bond acceptors (Lipinski definition) is 3. The van der Waals surface area contributed by atoms with Crippen LogP contribution in [-0.2, 0) is 16.0 Å². The number of carbonyl (C=O) groups excluding carboxylic acids is 2. The molecule has 1 heterocycles. The van der Waals surface area contributed by atoms with Gasteiger partial charge in [0.1, 0.15) is 5.58 Å². The third-order valence-electron chi connectivity index (χ3n) is 4.63. The van der Waals surface area contributed by atoms with E-state index in [4.69, 9.17) is 10.2 Å². The van der Waals surface area contributed by atoms with E-state index in [1.54, 1.807) is 11.2 Å². The summed E-state index contributed by atoms with van der Waals surface area (Å²) in [6.45, 7) is 4.30. The fraction of sp³-hybridized carbons (Fsp3) is 0.238. The normalized spacial score (nSPS) is 10.8. The summed E-state index contributed by atoms with van der Waals surface area (Å²) in [4.78, 5) is 25.7. The van der Waals surface area contributed by atoms with Crippen molar-refractivity contribution >= 4 is 28.5 Å². The minimum absolute atomic E-state index is 0.0987. The number of nitrogens with zero attached hydrogens (tertiary/aromatic N) is 1. The van der Waals surface area contributed by atoms with E-state index in [9.17, 15) is 9.59 Å². The van der Waals surface area contributed by atoms with Crippen LogP contribution in [0.1, 0.15) is 23.1 Å². The molecule has 3 aromatic rings. The molecule has 5 nitrogen and oxygen atoms in total. The molecule has 5 heteroatoms. The van der Waals surface area contributed by atoms with Crippen molar-refractivity contribution in [3.63, 3.8) is 0 Å². The van der Waals surface area contributed by atoms with Crippen molar-refractivity contribution in [3.05, 3.63) is 65.4 Å². The van der Waals surface area contributed by atoms with Crippen LogP contribution in [0, 0.1) is 13.8 Å².